The Morgan fingerprint density at radius 1 is 0.475 bits per heavy atom. The van der Waals surface area contributed by atoms with Crippen molar-refractivity contribution in [2.24, 2.45) is 0 Å². The van der Waals surface area contributed by atoms with E-state index in [1.54, 1.807) is 0 Å². The molecule has 0 bridgehead atoms. The molecule has 3 atom stereocenters. The van der Waals surface area contributed by atoms with Gasteiger partial charge in [-0.15, -0.1) is 0 Å². The van der Waals surface area contributed by atoms with Crippen molar-refractivity contribution < 1.29 is 24.5 Å². The first-order valence-electron chi connectivity index (χ1n) is 26.0. The highest BCUT2D eigenvalue weighted by Gasteiger charge is 2.24. The summed E-state index contributed by atoms with van der Waals surface area (Å²) in [5.41, 5.74) is 0. The molecule has 0 aliphatic carbocycles. The maximum absolute atomic E-state index is 13.2. The van der Waals surface area contributed by atoms with Crippen LogP contribution in [0.15, 0.2) is 60.8 Å². The SMILES string of the molecule is CCCCC/C=C\C/C=C\C/C=C\C/C=C\CCCCCC(=O)OC(CCC/C=C\CCCCCCCCC)CC(=O)NC(CO)C(O)CCCCCCCCCCCCC. The second kappa shape index (κ2) is 48.6. The van der Waals surface area contributed by atoms with E-state index in [0.29, 0.717) is 19.3 Å². The highest BCUT2D eigenvalue weighted by atomic mass is 16.5. The Kier molecular flexibility index (Phi) is 46.6. The molecule has 0 saturated heterocycles. The molecule has 0 aliphatic rings. The summed E-state index contributed by atoms with van der Waals surface area (Å²) >= 11 is 0. The van der Waals surface area contributed by atoms with Gasteiger partial charge in [-0.3, -0.25) is 9.59 Å². The van der Waals surface area contributed by atoms with E-state index in [-0.39, 0.29) is 24.9 Å². The number of allylic oxidation sites excluding steroid dienone is 10. The molecule has 0 saturated carbocycles. The summed E-state index contributed by atoms with van der Waals surface area (Å²) < 4.78 is 5.90. The van der Waals surface area contributed by atoms with Crippen LogP contribution in [0, 0.1) is 0 Å². The fourth-order valence-electron chi connectivity index (χ4n) is 7.59. The molecule has 0 rings (SSSR count). The van der Waals surface area contributed by atoms with Crippen LogP contribution in [0.4, 0.5) is 0 Å². The van der Waals surface area contributed by atoms with Crippen LogP contribution in [-0.4, -0.2) is 46.9 Å². The average Bonchev–Trinajstić information content (AvgIpc) is 3.25. The lowest BCUT2D eigenvalue weighted by Crippen LogP contribution is -2.46. The van der Waals surface area contributed by atoms with Gasteiger partial charge < -0.3 is 20.3 Å². The van der Waals surface area contributed by atoms with Crippen molar-refractivity contribution in [2.75, 3.05) is 6.61 Å². The van der Waals surface area contributed by atoms with E-state index in [1.165, 1.54) is 122 Å². The Hall–Kier alpha value is -2.44. The van der Waals surface area contributed by atoms with Gasteiger partial charge in [-0.25, -0.2) is 0 Å². The van der Waals surface area contributed by atoms with Gasteiger partial charge in [0, 0.05) is 6.42 Å². The number of ether oxygens (including phenoxy) is 1. The molecule has 1 amide bonds. The molecular weight excluding hydrogens is 755 g/mol. The first-order valence-corrected chi connectivity index (χ1v) is 26.0. The Morgan fingerprint density at radius 2 is 0.852 bits per heavy atom. The summed E-state index contributed by atoms with van der Waals surface area (Å²) in [6, 6.07) is -0.717. The summed E-state index contributed by atoms with van der Waals surface area (Å²) in [5, 5.41) is 23.7. The first-order chi connectivity index (χ1) is 30.0. The second-order valence-electron chi connectivity index (χ2n) is 17.6. The molecule has 0 aromatic carbocycles. The molecule has 3 N–H and O–H groups in total. The van der Waals surface area contributed by atoms with Gasteiger partial charge in [0.1, 0.15) is 6.10 Å². The van der Waals surface area contributed by atoms with E-state index in [4.69, 9.17) is 4.74 Å². The van der Waals surface area contributed by atoms with Crippen molar-refractivity contribution in [3.05, 3.63) is 60.8 Å². The highest BCUT2D eigenvalue weighted by molar-refractivity contribution is 5.77. The predicted molar refractivity (Wildman–Crippen MR) is 264 cm³/mol. The summed E-state index contributed by atoms with van der Waals surface area (Å²) in [4.78, 5) is 26.1. The largest absolute Gasteiger partial charge is 0.462 e. The first kappa shape index (κ1) is 58.6. The minimum Gasteiger partial charge on any atom is -0.462 e. The van der Waals surface area contributed by atoms with Gasteiger partial charge in [0.05, 0.1) is 25.2 Å². The third-order valence-electron chi connectivity index (χ3n) is 11.6. The van der Waals surface area contributed by atoms with Crippen LogP contribution in [0.3, 0.4) is 0 Å². The molecule has 0 aromatic rings. The van der Waals surface area contributed by atoms with E-state index >= 15 is 0 Å². The van der Waals surface area contributed by atoms with Gasteiger partial charge in [0.25, 0.3) is 0 Å². The van der Waals surface area contributed by atoms with Gasteiger partial charge in [-0.2, -0.15) is 0 Å². The summed E-state index contributed by atoms with van der Waals surface area (Å²) in [6.45, 7) is 6.43. The molecule has 0 heterocycles. The van der Waals surface area contributed by atoms with Crippen LogP contribution in [0.5, 0.6) is 0 Å². The Labute approximate surface area is 378 Å². The molecular formula is C55H99NO5. The summed E-state index contributed by atoms with van der Waals surface area (Å²) in [6.07, 6.45) is 60.0. The number of nitrogens with one attached hydrogen (secondary N) is 1. The van der Waals surface area contributed by atoms with E-state index < -0.39 is 18.2 Å². The number of esters is 1. The lowest BCUT2D eigenvalue weighted by Gasteiger charge is -2.24. The topological polar surface area (TPSA) is 95.9 Å². The summed E-state index contributed by atoms with van der Waals surface area (Å²) in [7, 11) is 0. The van der Waals surface area contributed by atoms with Crippen molar-refractivity contribution in [3.8, 4) is 0 Å². The number of aliphatic hydroxyl groups excluding tert-OH is 2. The molecule has 0 aliphatic heterocycles. The van der Waals surface area contributed by atoms with Gasteiger partial charge in [0.15, 0.2) is 0 Å². The number of rotatable bonds is 46. The quantitative estimate of drug-likeness (QED) is 0.0322. The standard InChI is InChI=1S/C55H99NO5/c1-4-7-10-13-16-19-22-24-25-26-27-28-29-30-33-36-39-42-45-48-55(60)61-51(46-43-40-37-34-32-23-20-17-14-11-8-5-2)49-54(59)56-52(50-57)53(58)47-44-41-38-35-31-21-18-15-12-9-6-3/h16,19,24-25,27-28,30,33-34,37,51-53,57-58H,4-15,17-18,20-23,26,29,31-32,35-36,38-50H2,1-3H3,(H,56,59)/b19-16-,25-24-,28-27-,33-30-,37-34-. The fourth-order valence-corrected chi connectivity index (χ4v) is 7.59. The third-order valence-corrected chi connectivity index (χ3v) is 11.6. The molecule has 3 unspecified atom stereocenters. The van der Waals surface area contributed by atoms with Crippen molar-refractivity contribution in [3.63, 3.8) is 0 Å². The smallest absolute Gasteiger partial charge is 0.306 e. The highest BCUT2D eigenvalue weighted by Crippen LogP contribution is 2.17. The van der Waals surface area contributed by atoms with E-state index in [1.807, 2.05) is 0 Å². The molecule has 6 nitrogen and oxygen atoms in total. The van der Waals surface area contributed by atoms with Crippen molar-refractivity contribution in [1.82, 2.24) is 5.32 Å². The monoisotopic (exact) mass is 854 g/mol. The van der Waals surface area contributed by atoms with Crippen LogP contribution in [0.1, 0.15) is 252 Å². The van der Waals surface area contributed by atoms with Crippen LogP contribution < -0.4 is 5.32 Å². The van der Waals surface area contributed by atoms with Crippen LogP contribution >= 0.6 is 0 Å². The van der Waals surface area contributed by atoms with Crippen molar-refractivity contribution in [2.45, 2.75) is 270 Å². The van der Waals surface area contributed by atoms with Crippen molar-refractivity contribution in [1.29, 1.82) is 0 Å². The van der Waals surface area contributed by atoms with Gasteiger partial charge in [0.2, 0.25) is 5.91 Å². The van der Waals surface area contributed by atoms with Gasteiger partial charge >= 0.3 is 5.97 Å². The number of unbranched alkanes of at least 4 members (excludes halogenated alkanes) is 24. The Balaban J connectivity index is 4.63. The number of carbonyl (C=O) groups is 2. The fraction of sp³-hybridized carbons (Fsp3) is 0.782. The van der Waals surface area contributed by atoms with Gasteiger partial charge in [-0.05, 0) is 89.9 Å². The summed E-state index contributed by atoms with van der Waals surface area (Å²) in [5.74, 6) is -0.538. The average molecular weight is 854 g/mol. The zero-order chi connectivity index (χ0) is 44.5. The van der Waals surface area contributed by atoms with Crippen LogP contribution in [-0.2, 0) is 14.3 Å². The maximum atomic E-state index is 13.2. The van der Waals surface area contributed by atoms with E-state index in [0.717, 1.165) is 83.5 Å². The molecule has 0 fully saturated rings. The van der Waals surface area contributed by atoms with Crippen molar-refractivity contribution >= 4 is 11.9 Å². The Bertz CT molecular complexity index is 1090. The second-order valence-corrected chi connectivity index (χ2v) is 17.6. The Morgan fingerprint density at radius 3 is 1.34 bits per heavy atom. The molecule has 0 aromatic heterocycles. The maximum Gasteiger partial charge on any atom is 0.306 e. The minimum atomic E-state index is -0.800. The third kappa shape index (κ3) is 44.0. The van der Waals surface area contributed by atoms with E-state index in [9.17, 15) is 19.8 Å². The predicted octanol–water partition coefficient (Wildman–Crippen LogP) is 15.6. The van der Waals surface area contributed by atoms with Crippen LogP contribution in [0.2, 0.25) is 0 Å². The number of hydrogen-bond acceptors (Lipinski definition) is 5. The minimum absolute atomic E-state index is 0.0429. The molecule has 6 heteroatoms. The number of aliphatic hydroxyl groups is 2. The van der Waals surface area contributed by atoms with Gasteiger partial charge in [-0.1, -0.05) is 210 Å². The zero-order valence-corrected chi connectivity index (χ0v) is 40.3. The molecule has 61 heavy (non-hydrogen) atoms. The normalized spacial score (nSPS) is 13.7. The molecule has 354 valence electrons. The van der Waals surface area contributed by atoms with E-state index in [2.05, 4.69) is 86.8 Å². The number of amides is 1. The number of hydrogen-bond donors (Lipinski definition) is 3. The zero-order valence-electron chi connectivity index (χ0n) is 40.3. The molecule has 0 radical (unpaired) electrons. The number of carbonyl (C=O) groups excluding carboxylic acids is 2. The molecule has 0 spiro atoms. The lowest BCUT2D eigenvalue weighted by molar-refractivity contribution is -0.151. The lowest BCUT2D eigenvalue weighted by atomic mass is 10.0. The van der Waals surface area contributed by atoms with Crippen LogP contribution in [0.25, 0.3) is 0 Å².